The average molecular weight is 356 g/mol. The van der Waals surface area contributed by atoms with Crippen LogP contribution in [0.4, 0.5) is 0 Å². The molecular weight excluding hydrogens is 332 g/mol. The summed E-state index contributed by atoms with van der Waals surface area (Å²) in [6.45, 7) is 4.55. The largest absolute Gasteiger partial charge is 0.493 e. The van der Waals surface area contributed by atoms with E-state index >= 15 is 0 Å². The molecule has 0 aliphatic heterocycles. The Balaban J connectivity index is 2.13. The van der Waals surface area contributed by atoms with Crippen molar-refractivity contribution in [1.29, 1.82) is 0 Å². The smallest absolute Gasteiger partial charge is 0.271 e. The van der Waals surface area contributed by atoms with Crippen molar-refractivity contribution in [1.82, 2.24) is 5.43 Å². The highest BCUT2D eigenvalue weighted by Gasteiger charge is 2.13. The molecule has 0 atom stereocenters. The van der Waals surface area contributed by atoms with E-state index in [0.717, 1.165) is 12.0 Å². The molecule has 2 aromatic carbocycles. The van der Waals surface area contributed by atoms with Gasteiger partial charge in [0.25, 0.3) is 5.91 Å². The Kier molecular flexibility index (Phi) is 7.02. The van der Waals surface area contributed by atoms with Crippen LogP contribution in [0.1, 0.15) is 34.8 Å². The monoisotopic (exact) mass is 356 g/mol. The summed E-state index contributed by atoms with van der Waals surface area (Å²) in [5.41, 5.74) is 4.86. The predicted octanol–water partition coefficient (Wildman–Crippen LogP) is 3.56. The molecule has 0 unspecified atom stereocenters. The van der Waals surface area contributed by atoms with Crippen molar-refractivity contribution in [2.75, 3.05) is 20.8 Å². The van der Waals surface area contributed by atoms with E-state index in [2.05, 4.69) is 10.5 Å². The van der Waals surface area contributed by atoms with Gasteiger partial charge in [-0.1, -0.05) is 24.6 Å². The van der Waals surface area contributed by atoms with Gasteiger partial charge in [0.05, 0.1) is 27.0 Å². The predicted molar refractivity (Wildman–Crippen MR) is 102 cm³/mol. The van der Waals surface area contributed by atoms with Crippen LogP contribution in [0.2, 0.25) is 0 Å². The Labute approximate surface area is 153 Å². The Morgan fingerprint density at radius 3 is 2.27 bits per heavy atom. The molecule has 26 heavy (non-hydrogen) atoms. The molecule has 0 aliphatic rings. The molecule has 1 amide bonds. The van der Waals surface area contributed by atoms with Crippen LogP contribution in [0.5, 0.6) is 17.2 Å². The van der Waals surface area contributed by atoms with Gasteiger partial charge in [0, 0.05) is 11.1 Å². The maximum absolute atomic E-state index is 12.1. The van der Waals surface area contributed by atoms with Gasteiger partial charge < -0.3 is 14.2 Å². The van der Waals surface area contributed by atoms with Crippen LogP contribution in [0.25, 0.3) is 0 Å². The zero-order valence-corrected chi connectivity index (χ0v) is 15.5. The standard InChI is InChI=1S/C20H24N2O4/c1-5-10-26-19-17(24-3)11-15(12-18(19)25-4)13-21-22-20(23)16-8-6-14(2)7-9-16/h6-9,11-13H,5,10H2,1-4H3,(H,22,23)/b21-13-. The third kappa shape index (κ3) is 4.99. The number of carbonyl (C=O) groups excluding carboxylic acids is 1. The van der Waals surface area contributed by atoms with Crippen molar-refractivity contribution < 1.29 is 19.0 Å². The molecule has 0 aliphatic carbocycles. The van der Waals surface area contributed by atoms with E-state index in [0.29, 0.717) is 35.0 Å². The van der Waals surface area contributed by atoms with Gasteiger partial charge in [-0.25, -0.2) is 5.43 Å². The van der Waals surface area contributed by atoms with Gasteiger partial charge >= 0.3 is 0 Å². The number of amides is 1. The highest BCUT2D eigenvalue weighted by molar-refractivity contribution is 5.95. The molecule has 6 heteroatoms. The number of rotatable bonds is 8. The summed E-state index contributed by atoms with van der Waals surface area (Å²) in [4.78, 5) is 12.1. The van der Waals surface area contributed by atoms with Crippen molar-refractivity contribution in [2.45, 2.75) is 20.3 Å². The van der Waals surface area contributed by atoms with E-state index in [1.54, 1.807) is 38.5 Å². The van der Waals surface area contributed by atoms with E-state index < -0.39 is 0 Å². The summed E-state index contributed by atoms with van der Waals surface area (Å²) >= 11 is 0. The molecule has 0 aromatic heterocycles. The number of nitrogens with zero attached hydrogens (tertiary/aromatic N) is 1. The van der Waals surface area contributed by atoms with Gasteiger partial charge in [-0.2, -0.15) is 5.10 Å². The second kappa shape index (κ2) is 9.46. The molecule has 138 valence electrons. The lowest BCUT2D eigenvalue weighted by atomic mass is 10.1. The third-order valence-electron chi connectivity index (χ3n) is 3.63. The summed E-state index contributed by atoms with van der Waals surface area (Å²) < 4.78 is 16.5. The van der Waals surface area contributed by atoms with Gasteiger partial charge in [-0.3, -0.25) is 4.79 Å². The molecule has 0 radical (unpaired) electrons. The SMILES string of the molecule is CCCOc1c(OC)cc(/C=N\NC(=O)c2ccc(C)cc2)cc1OC. The maximum atomic E-state index is 12.1. The van der Waals surface area contributed by atoms with Gasteiger partial charge in [0.15, 0.2) is 11.5 Å². The topological polar surface area (TPSA) is 69.2 Å². The quantitative estimate of drug-likeness (QED) is 0.580. The number of aryl methyl sites for hydroxylation is 1. The van der Waals surface area contributed by atoms with Crippen molar-refractivity contribution in [3.63, 3.8) is 0 Å². The first-order valence-corrected chi connectivity index (χ1v) is 8.38. The molecule has 0 spiro atoms. The summed E-state index contributed by atoms with van der Waals surface area (Å²) in [7, 11) is 3.13. The molecule has 2 aromatic rings. The number of carbonyl (C=O) groups is 1. The van der Waals surface area contributed by atoms with E-state index in [1.807, 2.05) is 26.0 Å². The van der Waals surface area contributed by atoms with Crippen LogP contribution in [-0.4, -0.2) is 32.9 Å². The van der Waals surface area contributed by atoms with Crippen LogP contribution in [0.3, 0.4) is 0 Å². The van der Waals surface area contributed by atoms with E-state index in [-0.39, 0.29) is 5.91 Å². The van der Waals surface area contributed by atoms with Crippen LogP contribution in [0, 0.1) is 6.92 Å². The number of methoxy groups -OCH3 is 2. The van der Waals surface area contributed by atoms with E-state index in [9.17, 15) is 4.79 Å². The summed E-state index contributed by atoms with van der Waals surface area (Å²) in [6, 6.07) is 10.8. The minimum absolute atomic E-state index is 0.275. The number of hydrogen-bond acceptors (Lipinski definition) is 5. The molecule has 0 saturated heterocycles. The first kappa shape index (κ1) is 19.3. The Morgan fingerprint density at radius 1 is 1.12 bits per heavy atom. The van der Waals surface area contributed by atoms with Crippen LogP contribution in [0.15, 0.2) is 41.5 Å². The lowest BCUT2D eigenvalue weighted by molar-refractivity contribution is 0.0955. The van der Waals surface area contributed by atoms with Crippen molar-refractivity contribution in [3.8, 4) is 17.2 Å². The van der Waals surface area contributed by atoms with Gasteiger partial charge in [0.1, 0.15) is 0 Å². The number of hydrazone groups is 1. The molecule has 0 heterocycles. The highest BCUT2D eigenvalue weighted by atomic mass is 16.5. The zero-order valence-electron chi connectivity index (χ0n) is 15.5. The minimum atomic E-state index is -0.275. The first-order valence-electron chi connectivity index (χ1n) is 8.38. The fraction of sp³-hybridized carbons (Fsp3) is 0.300. The van der Waals surface area contributed by atoms with Gasteiger partial charge in [-0.05, 0) is 37.6 Å². The van der Waals surface area contributed by atoms with Crippen LogP contribution in [-0.2, 0) is 0 Å². The van der Waals surface area contributed by atoms with Crippen molar-refractivity contribution in [3.05, 3.63) is 53.1 Å². The fourth-order valence-electron chi connectivity index (χ4n) is 2.26. The normalized spacial score (nSPS) is 10.6. The molecule has 2 rings (SSSR count). The first-order chi connectivity index (χ1) is 12.6. The van der Waals surface area contributed by atoms with Gasteiger partial charge in [-0.15, -0.1) is 0 Å². The van der Waals surface area contributed by atoms with Crippen molar-refractivity contribution in [2.24, 2.45) is 5.10 Å². The number of nitrogens with one attached hydrogen (secondary N) is 1. The second-order valence-corrected chi connectivity index (χ2v) is 5.67. The van der Waals surface area contributed by atoms with Gasteiger partial charge in [0.2, 0.25) is 5.75 Å². The molecule has 6 nitrogen and oxygen atoms in total. The zero-order chi connectivity index (χ0) is 18.9. The highest BCUT2D eigenvalue weighted by Crippen LogP contribution is 2.38. The average Bonchev–Trinajstić information content (AvgIpc) is 2.66. The van der Waals surface area contributed by atoms with E-state index in [1.165, 1.54) is 6.21 Å². The molecular formula is C20H24N2O4. The fourth-order valence-corrected chi connectivity index (χ4v) is 2.26. The number of benzene rings is 2. The maximum Gasteiger partial charge on any atom is 0.271 e. The lowest BCUT2D eigenvalue weighted by Crippen LogP contribution is -2.17. The Bertz CT molecular complexity index is 745. The van der Waals surface area contributed by atoms with Crippen molar-refractivity contribution >= 4 is 12.1 Å². The lowest BCUT2D eigenvalue weighted by Gasteiger charge is -2.14. The Hall–Kier alpha value is -3.02. The molecule has 0 saturated carbocycles. The number of ether oxygens (including phenoxy) is 3. The summed E-state index contributed by atoms with van der Waals surface area (Å²) in [5, 5.41) is 4.01. The molecule has 1 N–H and O–H groups in total. The second-order valence-electron chi connectivity index (χ2n) is 5.67. The Morgan fingerprint density at radius 2 is 1.73 bits per heavy atom. The molecule has 0 fully saturated rings. The summed E-state index contributed by atoms with van der Waals surface area (Å²) in [6.07, 6.45) is 2.40. The van der Waals surface area contributed by atoms with Crippen LogP contribution < -0.4 is 19.6 Å². The number of hydrogen-bond donors (Lipinski definition) is 1. The molecule has 0 bridgehead atoms. The van der Waals surface area contributed by atoms with E-state index in [4.69, 9.17) is 14.2 Å². The summed E-state index contributed by atoms with van der Waals surface area (Å²) in [5.74, 6) is 1.37. The minimum Gasteiger partial charge on any atom is -0.493 e. The third-order valence-corrected chi connectivity index (χ3v) is 3.63. The van der Waals surface area contributed by atoms with Crippen LogP contribution >= 0.6 is 0 Å².